The van der Waals surface area contributed by atoms with Crippen LogP contribution in [0.1, 0.15) is 5.56 Å². The highest BCUT2D eigenvalue weighted by Gasteiger charge is 1.90. The van der Waals surface area contributed by atoms with E-state index in [0.717, 1.165) is 0 Å². The molecule has 4 N–H and O–H groups in total. The Hall–Kier alpha value is 0.350. The lowest BCUT2D eigenvalue weighted by Crippen LogP contribution is -1.53. The Bertz CT molecular complexity index is 309. The van der Waals surface area contributed by atoms with Crippen LogP contribution in [0.3, 0.4) is 0 Å². The molecule has 6 nitrogen and oxygen atoms in total. The Labute approximate surface area is 103 Å². The molecule has 96 valence electrons. The Balaban J connectivity index is 0. The first-order valence-corrected chi connectivity index (χ1v) is 8.43. The molecule has 0 aliphatic heterocycles. The van der Waals surface area contributed by atoms with Gasteiger partial charge in [0, 0.05) is 0 Å². The van der Waals surface area contributed by atoms with E-state index >= 15 is 0 Å². The molecule has 0 saturated carbocycles. The Morgan fingerprint density at radius 3 is 1.69 bits per heavy atom. The van der Waals surface area contributed by atoms with E-state index < -0.39 is 16.5 Å². The summed E-state index contributed by atoms with van der Waals surface area (Å²) in [6.45, 7) is 2.12. The fourth-order valence-electron chi connectivity index (χ4n) is 0.512. The van der Waals surface area contributed by atoms with Gasteiger partial charge in [-0.3, -0.25) is 9.13 Å². The topological polar surface area (TPSA) is 115 Å². The van der Waals surface area contributed by atoms with Gasteiger partial charge in [0.2, 0.25) is 0 Å². The number of aryl methyl sites for hydroxylation is 1. The van der Waals surface area contributed by atoms with Gasteiger partial charge in [-0.25, -0.2) is 0 Å². The molecule has 0 aromatic carbocycles. The Morgan fingerprint density at radius 1 is 1.19 bits per heavy atom. The Kier molecular flexibility index (Phi) is 13.8. The maximum atomic E-state index is 8.74. The first-order valence-electron chi connectivity index (χ1n) is 3.72. The third-order valence-corrected chi connectivity index (χ3v) is 3.06. The molecule has 0 radical (unpaired) electrons. The van der Waals surface area contributed by atoms with E-state index in [9.17, 15) is 0 Å². The zero-order valence-corrected chi connectivity index (χ0v) is 12.2. The van der Waals surface area contributed by atoms with E-state index in [-0.39, 0.29) is 0 Å². The lowest BCUT2D eigenvalue weighted by Gasteiger charge is -1.79. The van der Waals surface area contributed by atoms with Crippen LogP contribution >= 0.6 is 39.6 Å². The second-order valence-corrected chi connectivity index (χ2v) is 5.36. The summed E-state index contributed by atoms with van der Waals surface area (Å²) in [6.07, 6.45) is 2.10. The summed E-state index contributed by atoms with van der Waals surface area (Å²) in [6, 6.07) is 2.20. The zero-order valence-electron chi connectivity index (χ0n) is 8.58. The molecular weight excluding hydrogens is 294 g/mol. The van der Waals surface area contributed by atoms with Gasteiger partial charge in [0.25, 0.3) is 0 Å². The van der Waals surface area contributed by atoms with Crippen LogP contribution in [-0.2, 0) is 9.13 Å². The summed E-state index contributed by atoms with van der Waals surface area (Å²) in [5.74, 6) is 0. The van der Waals surface area contributed by atoms with Gasteiger partial charge in [0.1, 0.15) is 0 Å². The number of thioether (sulfide) groups is 1. The molecule has 1 rings (SSSR count). The fraction of sp³-hybridized carbons (Fsp3) is 0.333. The van der Waals surface area contributed by atoms with E-state index in [2.05, 4.69) is 24.6 Å². The first kappa shape index (κ1) is 18.7. The van der Waals surface area contributed by atoms with Gasteiger partial charge in [-0.05, 0) is 30.2 Å². The molecule has 1 aromatic heterocycles. The minimum atomic E-state index is -3.13. The number of thiophene rings is 1. The molecule has 1 aromatic rings. The van der Waals surface area contributed by atoms with Gasteiger partial charge >= 0.3 is 16.5 Å². The zero-order chi connectivity index (χ0) is 13.1. The van der Waals surface area contributed by atoms with Crippen LogP contribution in [-0.4, -0.2) is 25.8 Å². The Morgan fingerprint density at radius 2 is 1.56 bits per heavy atom. The minimum absolute atomic E-state index is 1.37. The summed E-state index contributed by atoms with van der Waals surface area (Å²) < 4.78 is 18.9. The normalized spacial score (nSPS) is 9.25. The first-order chi connectivity index (χ1) is 7.29. The highest BCUT2D eigenvalue weighted by molar-refractivity contribution is 8.00. The molecule has 1 heterocycles. The van der Waals surface area contributed by atoms with Crippen molar-refractivity contribution in [1.82, 2.24) is 0 Å². The van der Waals surface area contributed by atoms with E-state index in [0.29, 0.717) is 0 Å². The van der Waals surface area contributed by atoms with Gasteiger partial charge in [-0.15, -0.1) is 23.1 Å². The van der Waals surface area contributed by atoms with Crippen LogP contribution in [0.4, 0.5) is 0 Å². The highest BCUT2D eigenvalue weighted by atomic mass is 32.2. The van der Waals surface area contributed by atoms with Gasteiger partial charge in [0.05, 0.1) is 4.21 Å². The quantitative estimate of drug-likeness (QED) is 0.459. The third-order valence-electron chi connectivity index (χ3n) is 0.908. The molecule has 0 aliphatic rings. The number of hydrogen-bond donors (Lipinski definition) is 4. The maximum absolute atomic E-state index is 8.74. The van der Waals surface area contributed by atoms with Crippen molar-refractivity contribution < 1.29 is 28.7 Å². The molecule has 0 unspecified atom stereocenters. The van der Waals surface area contributed by atoms with Crippen molar-refractivity contribution in [3.05, 3.63) is 17.0 Å². The molecule has 0 saturated heterocycles. The summed E-state index contributed by atoms with van der Waals surface area (Å²) in [7, 11) is -6.26. The van der Waals surface area contributed by atoms with Crippen LogP contribution in [0.5, 0.6) is 0 Å². The minimum Gasteiger partial charge on any atom is -0.326 e. The molecule has 0 bridgehead atoms. The predicted molar refractivity (Wildman–Crippen MR) is 67.7 cm³/mol. The fourth-order valence-corrected chi connectivity index (χ4v) is 1.97. The van der Waals surface area contributed by atoms with Crippen molar-refractivity contribution in [3.63, 3.8) is 0 Å². The monoisotopic (exact) mass is 308 g/mol. The van der Waals surface area contributed by atoms with Crippen molar-refractivity contribution in [3.8, 4) is 0 Å². The lowest BCUT2D eigenvalue weighted by molar-refractivity contribution is 0.403. The van der Waals surface area contributed by atoms with Crippen LogP contribution in [0.2, 0.25) is 0 Å². The van der Waals surface area contributed by atoms with Gasteiger partial charge in [-0.2, -0.15) is 0 Å². The van der Waals surface area contributed by atoms with Gasteiger partial charge in [0.15, 0.2) is 0 Å². The van der Waals surface area contributed by atoms with Crippen molar-refractivity contribution in [1.29, 1.82) is 0 Å². The predicted octanol–water partition coefficient (Wildman–Crippen LogP) is 1.50. The van der Waals surface area contributed by atoms with E-state index in [4.69, 9.17) is 28.7 Å². The average Bonchev–Trinajstić information content (AvgIpc) is 2.49. The average molecular weight is 308 g/mol. The smallest absolute Gasteiger partial charge is 0.314 e. The van der Waals surface area contributed by atoms with Crippen LogP contribution in [0.25, 0.3) is 0 Å². The second kappa shape index (κ2) is 11.8. The van der Waals surface area contributed by atoms with Crippen molar-refractivity contribution in [2.45, 2.75) is 11.1 Å². The molecular formula is C6H14O6P2S2. The van der Waals surface area contributed by atoms with E-state index in [1.165, 1.54) is 9.77 Å². The van der Waals surface area contributed by atoms with Crippen LogP contribution < -0.4 is 0 Å². The highest BCUT2D eigenvalue weighted by Crippen LogP contribution is 2.22. The molecule has 0 spiro atoms. The number of hydrogen-bond acceptors (Lipinski definition) is 4. The van der Waals surface area contributed by atoms with Crippen molar-refractivity contribution in [2.24, 2.45) is 0 Å². The van der Waals surface area contributed by atoms with E-state index in [1.54, 1.807) is 0 Å². The summed E-state index contributed by atoms with van der Waals surface area (Å²) in [5.41, 5.74) is 1.37. The summed E-state index contributed by atoms with van der Waals surface area (Å²) in [5, 5.41) is 2.17. The molecule has 0 amide bonds. The largest absolute Gasteiger partial charge is 0.326 e. The third kappa shape index (κ3) is 19.9. The van der Waals surface area contributed by atoms with E-state index in [1.807, 2.05) is 23.1 Å². The van der Waals surface area contributed by atoms with Gasteiger partial charge < -0.3 is 19.6 Å². The second-order valence-electron chi connectivity index (χ2n) is 2.21. The SMILES string of the molecule is CSc1cc(C)cs1.O=[PH](O)O.O=[PH](O)O. The summed E-state index contributed by atoms with van der Waals surface area (Å²) >= 11 is 3.62. The number of rotatable bonds is 1. The van der Waals surface area contributed by atoms with Gasteiger partial charge in [-0.1, -0.05) is 0 Å². The standard InChI is InChI=1S/C6H8S2.2H3O3P/c1-5-3-6(7-2)8-4-5;2*1-4(2)3/h3-4H,1-2H3;2*4H,(H2,1,2,3). The van der Waals surface area contributed by atoms with Crippen molar-refractivity contribution in [2.75, 3.05) is 6.26 Å². The maximum Gasteiger partial charge on any atom is 0.314 e. The molecule has 0 atom stereocenters. The molecule has 10 heteroatoms. The summed E-state index contributed by atoms with van der Waals surface area (Å²) in [4.78, 5) is 28.6. The van der Waals surface area contributed by atoms with Crippen LogP contribution in [0, 0.1) is 6.92 Å². The van der Waals surface area contributed by atoms with Crippen molar-refractivity contribution >= 4 is 39.6 Å². The molecule has 0 fully saturated rings. The lowest BCUT2D eigenvalue weighted by atomic mass is 10.4. The molecule has 16 heavy (non-hydrogen) atoms. The van der Waals surface area contributed by atoms with Crippen LogP contribution in [0.15, 0.2) is 15.7 Å². The molecule has 0 aliphatic carbocycles.